The molecule has 0 saturated carbocycles. The van der Waals surface area contributed by atoms with Crippen LogP contribution < -0.4 is 5.32 Å². The van der Waals surface area contributed by atoms with Crippen molar-refractivity contribution in [2.24, 2.45) is 0 Å². The second kappa shape index (κ2) is 6.55. The van der Waals surface area contributed by atoms with Gasteiger partial charge in [0.2, 0.25) is 0 Å². The minimum Gasteiger partial charge on any atom is -0.456 e. The molecule has 2 aromatic rings. The third-order valence-electron chi connectivity index (χ3n) is 2.44. The molecule has 0 aliphatic rings. The molecular formula is C15H14N2O3. The van der Waals surface area contributed by atoms with Crippen molar-refractivity contribution in [1.29, 1.82) is 0 Å². The molecule has 1 amide bonds. The maximum atomic E-state index is 11.9. The molecule has 0 spiro atoms. The number of carbonyl (C=O) groups is 1. The monoisotopic (exact) mass is 270 g/mol. The Morgan fingerprint density at radius 2 is 2.30 bits per heavy atom. The summed E-state index contributed by atoms with van der Waals surface area (Å²) in [6, 6.07) is 6.73. The molecule has 2 N–H and O–H groups in total. The van der Waals surface area contributed by atoms with Crippen LogP contribution in [0.5, 0.6) is 0 Å². The van der Waals surface area contributed by atoms with E-state index in [2.05, 4.69) is 22.1 Å². The highest BCUT2D eigenvalue weighted by Crippen LogP contribution is 2.11. The van der Waals surface area contributed by atoms with Crippen molar-refractivity contribution in [3.63, 3.8) is 0 Å². The van der Waals surface area contributed by atoms with Gasteiger partial charge < -0.3 is 14.8 Å². The second-order valence-electron chi connectivity index (χ2n) is 4.07. The molecule has 0 saturated heterocycles. The molecule has 2 rings (SSSR count). The summed E-state index contributed by atoms with van der Waals surface area (Å²) in [5, 5.41) is 11.3. The fourth-order valence-electron chi connectivity index (χ4n) is 1.53. The number of hydrogen-bond acceptors (Lipinski definition) is 4. The average Bonchev–Trinajstić information content (AvgIpc) is 2.86. The fraction of sp³-hybridized carbons (Fsp3) is 0.200. The summed E-state index contributed by atoms with van der Waals surface area (Å²) in [6.07, 6.45) is 1.97. The van der Waals surface area contributed by atoms with E-state index in [1.54, 1.807) is 37.4 Å². The molecule has 0 atom stereocenters. The lowest BCUT2D eigenvalue weighted by atomic mass is 10.2. The standard InChI is InChI=1S/C15H14N2O3/c1-11-5-6-13(20-11)15(19)17-14-10-12(7-8-16-14)4-2-3-9-18/h5-8,10,18H,3,9H2,1H3,(H,16,17,19). The zero-order valence-corrected chi connectivity index (χ0v) is 11.0. The number of aliphatic hydroxyl groups excluding tert-OH is 1. The Morgan fingerprint density at radius 1 is 1.45 bits per heavy atom. The summed E-state index contributed by atoms with van der Waals surface area (Å²) >= 11 is 0. The van der Waals surface area contributed by atoms with Crippen LogP contribution in [0.1, 0.15) is 28.3 Å². The van der Waals surface area contributed by atoms with Crippen LogP contribution in [0.4, 0.5) is 5.82 Å². The second-order valence-corrected chi connectivity index (χ2v) is 4.07. The topological polar surface area (TPSA) is 75.4 Å². The first-order valence-electron chi connectivity index (χ1n) is 6.12. The van der Waals surface area contributed by atoms with E-state index in [1.807, 2.05) is 0 Å². The van der Waals surface area contributed by atoms with Gasteiger partial charge in [0.05, 0.1) is 6.61 Å². The molecule has 102 valence electrons. The number of aliphatic hydroxyl groups is 1. The van der Waals surface area contributed by atoms with Crippen LogP contribution in [0.2, 0.25) is 0 Å². The molecule has 2 aromatic heterocycles. The van der Waals surface area contributed by atoms with Crippen LogP contribution in [-0.4, -0.2) is 22.6 Å². The molecule has 5 nitrogen and oxygen atoms in total. The number of amides is 1. The van der Waals surface area contributed by atoms with Gasteiger partial charge in [0.25, 0.3) is 5.91 Å². The molecule has 5 heteroatoms. The maximum Gasteiger partial charge on any atom is 0.292 e. The van der Waals surface area contributed by atoms with Gasteiger partial charge in [-0.2, -0.15) is 0 Å². The van der Waals surface area contributed by atoms with E-state index < -0.39 is 0 Å². The van der Waals surface area contributed by atoms with Gasteiger partial charge in [-0.25, -0.2) is 4.98 Å². The van der Waals surface area contributed by atoms with E-state index in [-0.39, 0.29) is 18.3 Å². The predicted octanol–water partition coefficient (Wildman–Crippen LogP) is 1.97. The zero-order chi connectivity index (χ0) is 14.4. The van der Waals surface area contributed by atoms with Gasteiger partial charge in [0.15, 0.2) is 5.76 Å². The first-order valence-corrected chi connectivity index (χ1v) is 6.12. The molecule has 0 fully saturated rings. The van der Waals surface area contributed by atoms with Gasteiger partial charge in [0, 0.05) is 18.2 Å². The number of nitrogens with one attached hydrogen (secondary N) is 1. The van der Waals surface area contributed by atoms with Crippen molar-refractivity contribution in [3.05, 3.63) is 47.5 Å². The van der Waals surface area contributed by atoms with E-state index in [4.69, 9.17) is 9.52 Å². The Bertz CT molecular complexity index is 665. The molecule has 0 unspecified atom stereocenters. The van der Waals surface area contributed by atoms with Gasteiger partial charge in [0.1, 0.15) is 11.6 Å². The highest BCUT2D eigenvalue weighted by atomic mass is 16.3. The quantitative estimate of drug-likeness (QED) is 0.836. The number of furan rings is 1. The number of carbonyl (C=O) groups excluding carboxylic acids is 1. The van der Waals surface area contributed by atoms with Crippen LogP contribution in [-0.2, 0) is 0 Å². The number of nitrogens with zero attached hydrogens (tertiary/aromatic N) is 1. The van der Waals surface area contributed by atoms with Crippen molar-refractivity contribution < 1.29 is 14.3 Å². The van der Waals surface area contributed by atoms with Crippen molar-refractivity contribution in [2.75, 3.05) is 11.9 Å². The van der Waals surface area contributed by atoms with E-state index in [0.29, 0.717) is 18.0 Å². The SMILES string of the molecule is Cc1ccc(C(=O)Nc2cc(C#CCCO)ccn2)o1. The molecule has 0 radical (unpaired) electrons. The molecule has 0 aliphatic carbocycles. The summed E-state index contributed by atoms with van der Waals surface area (Å²) in [4.78, 5) is 15.9. The van der Waals surface area contributed by atoms with Crippen LogP contribution in [0, 0.1) is 18.8 Å². The summed E-state index contributed by atoms with van der Waals surface area (Å²) < 4.78 is 5.23. The molecule has 0 aromatic carbocycles. The third-order valence-corrected chi connectivity index (χ3v) is 2.44. The van der Waals surface area contributed by atoms with Gasteiger partial charge >= 0.3 is 0 Å². The van der Waals surface area contributed by atoms with Crippen LogP contribution in [0.15, 0.2) is 34.9 Å². The lowest BCUT2D eigenvalue weighted by Crippen LogP contribution is -2.12. The number of rotatable bonds is 3. The Hall–Kier alpha value is -2.58. The van der Waals surface area contributed by atoms with E-state index in [9.17, 15) is 4.79 Å². The molecule has 20 heavy (non-hydrogen) atoms. The number of anilines is 1. The van der Waals surface area contributed by atoms with Gasteiger partial charge in [-0.05, 0) is 31.2 Å². The zero-order valence-electron chi connectivity index (χ0n) is 11.0. The minimum atomic E-state index is -0.355. The Morgan fingerprint density at radius 3 is 3.00 bits per heavy atom. The molecule has 0 bridgehead atoms. The first kappa shape index (κ1) is 13.8. The molecular weight excluding hydrogens is 256 g/mol. The largest absolute Gasteiger partial charge is 0.456 e. The van der Waals surface area contributed by atoms with Crippen LogP contribution in [0.25, 0.3) is 0 Å². The fourth-order valence-corrected chi connectivity index (χ4v) is 1.53. The summed E-state index contributed by atoms with van der Waals surface area (Å²) in [5.74, 6) is 6.64. The number of aromatic nitrogens is 1. The lowest BCUT2D eigenvalue weighted by molar-refractivity contribution is 0.0995. The molecule has 0 aliphatic heterocycles. The number of hydrogen-bond donors (Lipinski definition) is 2. The summed E-state index contributed by atoms with van der Waals surface area (Å²) in [5.41, 5.74) is 0.722. The van der Waals surface area contributed by atoms with Crippen LogP contribution in [0.3, 0.4) is 0 Å². The highest BCUT2D eigenvalue weighted by molar-refractivity contribution is 6.01. The minimum absolute atomic E-state index is 0.0273. The van der Waals surface area contributed by atoms with Gasteiger partial charge in [-0.15, -0.1) is 0 Å². The Kier molecular flexibility index (Phi) is 4.53. The predicted molar refractivity (Wildman–Crippen MR) is 74.2 cm³/mol. The lowest BCUT2D eigenvalue weighted by Gasteiger charge is -2.02. The number of pyridine rings is 1. The van der Waals surface area contributed by atoms with Crippen molar-refractivity contribution in [3.8, 4) is 11.8 Å². The average molecular weight is 270 g/mol. The van der Waals surface area contributed by atoms with Gasteiger partial charge in [-0.1, -0.05) is 11.8 Å². The Balaban J connectivity index is 2.08. The normalized spacial score (nSPS) is 9.70. The van der Waals surface area contributed by atoms with Crippen molar-refractivity contribution in [2.45, 2.75) is 13.3 Å². The summed E-state index contributed by atoms with van der Waals surface area (Å²) in [6.45, 7) is 1.80. The van der Waals surface area contributed by atoms with Crippen molar-refractivity contribution >= 4 is 11.7 Å². The first-order chi connectivity index (χ1) is 9.69. The number of aryl methyl sites for hydroxylation is 1. The van der Waals surface area contributed by atoms with Gasteiger partial charge in [-0.3, -0.25) is 4.79 Å². The maximum absolute atomic E-state index is 11.9. The van der Waals surface area contributed by atoms with Crippen molar-refractivity contribution in [1.82, 2.24) is 4.98 Å². The Labute approximate surface area is 116 Å². The van der Waals surface area contributed by atoms with E-state index in [1.165, 1.54) is 0 Å². The third kappa shape index (κ3) is 3.70. The molecule has 2 heterocycles. The smallest absolute Gasteiger partial charge is 0.292 e. The summed E-state index contributed by atoms with van der Waals surface area (Å²) in [7, 11) is 0. The van der Waals surface area contributed by atoms with E-state index in [0.717, 1.165) is 5.56 Å². The van der Waals surface area contributed by atoms with Crippen LogP contribution >= 0.6 is 0 Å². The highest BCUT2D eigenvalue weighted by Gasteiger charge is 2.10. The van der Waals surface area contributed by atoms with E-state index >= 15 is 0 Å².